The highest BCUT2D eigenvalue weighted by molar-refractivity contribution is 7.17. The van der Waals surface area contributed by atoms with Crippen molar-refractivity contribution in [2.45, 2.75) is 13.3 Å². The van der Waals surface area contributed by atoms with Gasteiger partial charge in [-0.2, -0.15) is 0 Å². The largest absolute Gasteiger partial charge is 0.365 e. The van der Waals surface area contributed by atoms with Crippen LogP contribution in [0.5, 0.6) is 0 Å². The summed E-state index contributed by atoms with van der Waals surface area (Å²) in [4.78, 5) is 25.3. The summed E-state index contributed by atoms with van der Waals surface area (Å²) < 4.78 is 0. The predicted octanol–water partition coefficient (Wildman–Crippen LogP) is 5.05. The van der Waals surface area contributed by atoms with Crippen LogP contribution in [0.2, 0.25) is 5.02 Å². The lowest BCUT2D eigenvalue weighted by Crippen LogP contribution is -2.16. The molecule has 0 radical (unpaired) electrons. The van der Waals surface area contributed by atoms with E-state index in [-0.39, 0.29) is 5.91 Å². The molecule has 2 amide bonds. The molecule has 0 spiro atoms. The summed E-state index contributed by atoms with van der Waals surface area (Å²) in [6.45, 7) is 1.86. The van der Waals surface area contributed by atoms with Gasteiger partial charge in [-0.15, -0.1) is 11.3 Å². The molecule has 0 unspecified atom stereocenters. The first kappa shape index (κ1) is 19.9. The molecule has 2 aromatic carbocycles. The first-order chi connectivity index (χ1) is 13.4. The van der Waals surface area contributed by atoms with Crippen molar-refractivity contribution in [3.63, 3.8) is 0 Å². The van der Waals surface area contributed by atoms with Crippen molar-refractivity contribution in [2.24, 2.45) is 5.73 Å². The van der Waals surface area contributed by atoms with E-state index in [0.29, 0.717) is 22.0 Å². The highest BCUT2D eigenvalue weighted by atomic mass is 35.5. The number of primary amides is 1. The lowest BCUT2D eigenvalue weighted by atomic mass is 10.1. The molecule has 1 aromatic heterocycles. The SMILES string of the molecule is Cc1c(Cc2ccccc2)sc(NC(=O)/C=C/c2ccc(Cl)cc2)c1C(N)=O. The van der Waals surface area contributed by atoms with Gasteiger partial charge in [-0.25, -0.2) is 0 Å². The smallest absolute Gasteiger partial charge is 0.251 e. The molecule has 0 saturated heterocycles. The Labute approximate surface area is 172 Å². The van der Waals surface area contributed by atoms with E-state index < -0.39 is 5.91 Å². The Hall–Kier alpha value is -2.89. The molecule has 0 bridgehead atoms. The second-order valence-corrected chi connectivity index (χ2v) is 7.80. The summed E-state index contributed by atoms with van der Waals surface area (Å²) >= 11 is 7.24. The van der Waals surface area contributed by atoms with Crippen molar-refractivity contribution < 1.29 is 9.59 Å². The standard InChI is InChI=1S/C22H19ClN2O2S/c1-14-18(13-16-5-3-2-4-6-16)28-22(20(14)21(24)27)25-19(26)12-9-15-7-10-17(23)11-8-15/h2-12H,13H2,1H3,(H2,24,27)(H,25,26)/b12-9+. The van der Waals surface area contributed by atoms with E-state index in [9.17, 15) is 9.59 Å². The average molecular weight is 411 g/mol. The van der Waals surface area contributed by atoms with Crippen LogP contribution in [0, 0.1) is 6.92 Å². The molecule has 4 nitrogen and oxygen atoms in total. The van der Waals surface area contributed by atoms with Gasteiger partial charge in [-0.3, -0.25) is 9.59 Å². The summed E-state index contributed by atoms with van der Waals surface area (Å²) in [5.74, 6) is -0.880. The topological polar surface area (TPSA) is 72.2 Å². The van der Waals surface area contributed by atoms with Crippen molar-refractivity contribution in [3.8, 4) is 0 Å². The third-order valence-corrected chi connectivity index (χ3v) is 5.69. The minimum Gasteiger partial charge on any atom is -0.365 e. The van der Waals surface area contributed by atoms with E-state index in [4.69, 9.17) is 17.3 Å². The van der Waals surface area contributed by atoms with E-state index in [1.807, 2.05) is 49.4 Å². The molecule has 28 heavy (non-hydrogen) atoms. The molecule has 3 aromatic rings. The summed E-state index contributed by atoms with van der Waals surface area (Å²) in [7, 11) is 0. The number of carbonyl (C=O) groups excluding carboxylic acids is 2. The van der Waals surface area contributed by atoms with E-state index in [1.165, 1.54) is 17.4 Å². The van der Waals surface area contributed by atoms with Crippen LogP contribution in [0.4, 0.5) is 5.00 Å². The number of nitrogens with two attached hydrogens (primary N) is 1. The van der Waals surface area contributed by atoms with E-state index >= 15 is 0 Å². The van der Waals surface area contributed by atoms with Crippen molar-refractivity contribution in [1.82, 2.24) is 0 Å². The van der Waals surface area contributed by atoms with Gasteiger partial charge in [-0.05, 0) is 41.8 Å². The minimum atomic E-state index is -0.551. The normalized spacial score (nSPS) is 10.9. The van der Waals surface area contributed by atoms with Gasteiger partial charge in [-0.1, -0.05) is 54.1 Å². The fraction of sp³-hybridized carbons (Fsp3) is 0.0909. The Morgan fingerprint density at radius 2 is 1.79 bits per heavy atom. The number of hydrogen-bond donors (Lipinski definition) is 2. The van der Waals surface area contributed by atoms with Crippen molar-refractivity contribution in [1.29, 1.82) is 0 Å². The van der Waals surface area contributed by atoms with Gasteiger partial charge in [0.1, 0.15) is 5.00 Å². The van der Waals surface area contributed by atoms with Crippen LogP contribution in [-0.2, 0) is 11.2 Å². The third-order valence-electron chi connectivity index (χ3n) is 4.23. The number of thiophene rings is 1. The fourth-order valence-electron chi connectivity index (χ4n) is 2.79. The summed E-state index contributed by atoms with van der Waals surface area (Å²) in [6, 6.07) is 17.1. The Bertz CT molecular complexity index is 1020. The molecule has 1 heterocycles. The van der Waals surface area contributed by atoms with Crippen molar-refractivity contribution >= 4 is 45.8 Å². The Kier molecular flexibility index (Phi) is 6.29. The Balaban J connectivity index is 1.80. The summed E-state index contributed by atoms with van der Waals surface area (Å²) in [5.41, 5.74) is 8.71. The lowest BCUT2D eigenvalue weighted by molar-refractivity contribution is -0.111. The fourth-order valence-corrected chi connectivity index (χ4v) is 4.17. The highest BCUT2D eigenvalue weighted by Crippen LogP contribution is 2.34. The number of hydrogen-bond acceptors (Lipinski definition) is 3. The number of carbonyl (C=O) groups is 2. The first-order valence-corrected chi connectivity index (χ1v) is 9.84. The number of halogens is 1. The Morgan fingerprint density at radius 1 is 1.11 bits per heavy atom. The quantitative estimate of drug-likeness (QED) is 0.558. The van der Waals surface area contributed by atoms with Crippen LogP contribution in [0.25, 0.3) is 6.08 Å². The maximum Gasteiger partial charge on any atom is 0.251 e. The van der Waals surface area contributed by atoms with Crippen LogP contribution in [0.1, 0.15) is 31.9 Å². The van der Waals surface area contributed by atoms with Crippen LogP contribution in [-0.4, -0.2) is 11.8 Å². The Morgan fingerprint density at radius 3 is 2.43 bits per heavy atom. The number of amides is 2. The van der Waals surface area contributed by atoms with Gasteiger partial charge in [0.05, 0.1) is 5.56 Å². The average Bonchev–Trinajstić information content (AvgIpc) is 2.97. The first-order valence-electron chi connectivity index (χ1n) is 8.64. The van der Waals surface area contributed by atoms with Gasteiger partial charge in [0, 0.05) is 22.4 Å². The van der Waals surface area contributed by atoms with E-state index in [0.717, 1.165) is 21.6 Å². The minimum absolute atomic E-state index is 0.329. The molecule has 0 atom stereocenters. The maximum absolute atomic E-state index is 12.3. The molecule has 0 aliphatic heterocycles. The van der Waals surface area contributed by atoms with Crippen LogP contribution >= 0.6 is 22.9 Å². The van der Waals surface area contributed by atoms with Gasteiger partial charge in [0.25, 0.3) is 5.91 Å². The zero-order valence-corrected chi connectivity index (χ0v) is 16.8. The molecule has 0 saturated carbocycles. The molecular weight excluding hydrogens is 392 g/mol. The number of nitrogens with one attached hydrogen (secondary N) is 1. The van der Waals surface area contributed by atoms with Gasteiger partial charge >= 0.3 is 0 Å². The number of benzene rings is 2. The predicted molar refractivity (Wildman–Crippen MR) is 116 cm³/mol. The van der Waals surface area contributed by atoms with E-state index in [2.05, 4.69) is 5.32 Å². The molecule has 0 aliphatic rings. The molecule has 3 N–H and O–H groups in total. The second kappa shape index (κ2) is 8.87. The van der Waals surface area contributed by atoms with E-state index in [1.54, 1.807) is 18.2 Å². The maximum atomic E-state index is 12.3. The third kappa shape index (κ3) is 4.88. The van der Waals surface area contributed by atoms with Gasteiger partial charge in [0.15, 0.2) is 0 Å². The van der Waals surface area contributed by atoms with Gasteiger partial charge < -0.3 is 11.1 Å². The second-order valence-electron chi connectivity index (χ2n) is 6.26. The molecule has 142 valence electrons. The molecule has 0 aliphatic carbocycles. The number of rotatable bonds is 6. The highest BCUT2D eigenvalue weighted by Gasteiger charge is 2.20. The van der Waals surface area contributed by atoms with Crippen molar-refractivity contribution in [2.75, 3.05) is 5.32 Å². The summed E-state index contributed by atoms with van der Waals surface area (Å²) in [5, 5.41) is 3.89. The van der Waals surface area contributed by atoms with Crippen LogP contribution in [0.3, 0.4) is 0 Å². The van der Waals surface area contributed by atoms with Crippen molar-refractivity contribution in [3.05, 3.63) is 92.8 Å². The molecular formula is C22H19ClN2O2S. The zero-order chi connectivity index (χ0) is 20.1. The van der Waals surface area contributed by atoms with Crippen LogP contribution < -0.4 is 11.1 Å². The monoisotopic (exact) mass is 410 g/mol. The molecule has 3 rings (SSSR count). The molecule has 6 heteroatoms. The van der Waals surface area contributed by atoms with Crippen LogP contribution in [0.15, 0.2) is 60.7 Å². The van der Waals surface area contributed by atoms with Gasteiger partial charge in [0.2, 0.25) is 5.91 Å². The zero-order valence-electron chi connectivity index (χ0n) is 15.2. The summed E-state index contributed by atoms with van der Waals surface area (Å²) in [6.07, 6.45) is 3.77. The lowest BCUT2D eigenvalue weighted by Gasteiger charge is -2.02. The number of anilines is 1. The molecule has 0 fully saturated rings.